The molecule has 2 aromatic heterocycles. The minimum absolute atomic E-state index is 0.271. The van der Waals surface area contributed by atoms with E-state index in [1.165, 1.54) is 0 Å². The molecule has 0 atom stereocenters. The number of carbonyl (C=O) groups is 1. The molecule has 7 nitrogen and oxygen atoms in total. The summed E-state index contributed by atoms with van der Waals surface area (Å²) in [4.78, 5) is 17.0. The summed E-state index contributed by atoms with van der Waals surface area (Å²) in [7, 11) is 4.82. The van der Waals surface area contributed by atoms with Crippen molar-refractivity contribution in [2.45, 2.75) is 20.8 Å². The molecule has 0 aliphatic rings. The molecule has 0 aliphatic carbocycles. The number of amides is 1. The van der Waals surface area contributed by atoms with Crippen LogP contribution >= 0.6 is 0 Å². The first-order valence-electron chi connectivity index (χ1n) is 11.1. The Labute approximate surface area is 204 Å². The molecule has 4 rings (SSSR count). The molecule has 0 bridgehead atoms. The number of rotatable bonds is 7. The van der Waals surface area contributed by atoms with E-state index in [2.05, 4.69) is 10.3 Å². The summed E-state index contributed by atoms with van der Waals surface area (Å²) in [5.41, 5.74) is 5.76. The van der Waals surface area contributed by atoms with Gasteiger partial charge in [0, 0.05) is 33.8 Å². The van der Waals surface area contributed by atoms with Crippen LogP contribution in [0.2, 0.25) is 0 Å². The number of ether oxygens (including phenoxy) is 3. The maximum atomic E-state index is 12.7. The number of aromatic nitrogens is 1. The number of hydrogen-bond donors (Lipinski definition) is 1. The second kappa shape index (κ2) is 9.93. The monoisotopic (exact) mass is 472 g/mol. The van der Waals surface area contributed by atoms with Gasteiger partial charge in [-0.15, -0.1) is 0 Å². The molecule has 0 spiro atoms. The number of allylic oxidation sites excluding steroid dienone is 1. The van der Waals surface area contributed by atoms with Crippen molar-refractivity contribution in [2.75, 3.05) is 26.6 Å². The van der Waals surface area contributed by atoms with Crippen LogP contribution < -0.4 is 19.5 Å². The third-order valence-corrected chi connectivity index (χ3v) is 5.85. The number of anilines is 1. The molecule has 0 aliphatic heterocycles. The van der Waals surface area contributed by atoms with E-state index in [-0.39, 0.29) is 5.91 Å². The minimum Gasteiger partial charge on any atom is -0.496 e. The van der Waals surface area contributed by atoms with Crippen molar-refractivity contribution < 1.29 is 23.4 Å². The van der Waals surface area contributed by atoms with Gasteiger partial charge in [-0.3, -0.25) is 4.79 Å². The highest BCUT2D eigenvalue weighted by Gasteiger charge is 2.19. The number of methoxy groups -OCH3 is 3. The standard InChI is InChI=1S/C28H28N2O5/c1-16(12-26(31)30-25-9-7-8-17(2)29-25)20-14-21-22(15-35-28(21)18(3)27(20)34-6)19-10-11-23(32-4)24(13-19)33-5/h7-15H,1-6H3,(H,29,30,31)/b16-12+. The van der Waals surface area contributed by atoms with Gasteiger partial charge in [0.2, 0.25) is 5.91 Å². The molecular weight excluding hydrogens is 444 g/mol. The summed E-state index contributed by atoms with van der Waals surface area (Å²) in [6, 6.07) is 13.2. The highest BCUT2D eigenvalue weighted by atomic mass is 16.5. The van der Waals surface area contributed by atoms with Gasteiger partial charge in [0.1, 0.15) is 17.2 Å². The van der Waals surface area contributed by atoms with Crippen LogP contribution in [0.3, 0.4) is 0 Å². The van der Waals surface area contributed by atoms with Crippen molar-refractivity contribution in [3.05, 3.63) is 71.6 Å². The van der Waals surface area contributed by atoms with Crippen LogP contribution in [0.15, 0.2) is 59.2 Å². The third kappa shape index (κ3) is 4.71. The summed E-state index contributed by atoms with van der Waals surface area (Å²) in [5, 5.41) is 3.72. The molecule has 0 radical (unpaired) electrons. The summed E-state index contributed by atoms with van der Waals surface area (Å²) < 4.78 is 22.5. The fourth-order valence-corrected chi connectivity index (χ4v) is 4.15. The second-order valence-corrected chi connectivity index (χ2v) is 8.16. The van der Waals surface area contributed by atoms with Crippen LogP contribution in [0.5, 0.6) is 17.2 Å². The zero-order valence-electron chi connectivity index (χ0n) is 20.7. The number of aryl methyl sites for hydroxylation is 2. The lowest BCUT2D eigenvalue weighted by Gasteiger charge is -2.14. The number of pyridine rings is 1. The summed E-state index contributed by atoms with van der Waals surface area (Å²) >= 11 is 0. The highest BCUT2D eigenvalue weighted by Crippen LogP contribution is 2.42. The van der Waals surface area contributed by atoms with Crippen LogP contribution in [0, 0.1) is 13.8 Å². The van der Waals surface area contributed by atoms with Gasteiger partial charge in [-0.25, -0.2) is 4.98 Å². The SMILES string of the molecule is COc1ccc(-c2coc3c(C)c(OC)c(/C(C)=C/C(=O)Nc4cccc(C)n4)cc23)cc1OC. The van der Waals surface area contributed by atoms with E-state index in [1.54, 1.807) is 39.7 Å². The molecule has 1 amide bonds. The number of furan rings is 1. The van der Waals surface area contributed by atoms with E-state index in [9.17, 15) is 4.79 Å². The number of fused-ring (bicyclic) bond motifs is 1. The summed E-state index contributed by atoms with van der Waals surface area (Å²) in [6.45, 7) is 5.69. The van der Waals surface area contributed by atoms with Gasteiger partial charge in [-0.05, 0) is 62.2 Å². The van der Waals surface area contributed by atoms with E-state index in [1.807, 2.05) is 57.2 Å². The Bertz CT molecular complexity index is 1440. The first-order chi connectivity index (χ1) is 16.9. The molecule has 4 aromatic rings. The topological polar surface area (TPSA) is 82.8 Å². The maximum absolute atomic E-state index is 12.7. The first kappa shape index (κ1) is 23.9. The van der Waals surface area contributed by atoms with Crippen molar-refractivity contribution in [2.24, 2.45) is 0 Å². The van der Waals surface area contributed by atoms with E-state index in [0.717, 1.165) is 44.5 Å². The van der Waals surface area contributed by atoms with Crippen LogP contribution in [-0.4, -0.2) is 32.2 Å². The minimum atomic E-state index is -0.271. The molecule has 2 heterocycles. The van der Waals surface area contributed by atoms with Gasteiger partial charge in [-0.2, -0.15) is 0 Å². The van der Waals surface area contributed by atoms with Gasteiger partial charge < -0.3 is 23.9 Å². The largest absolute Gasteiger partial charge is 0.496 e. The van der Waals surface area contributed by atoms with Crippen LogP contribution in [-0.2, 0) is 4.79 Å². The number of hydrogen-bond acceptors (Lipinski definition) is 6. The Morgan fingerprint density at radius 1 is 1.00 bits per heavy atom. The molecule has 0 unspecified atom stereocenters. The number of nitrogens with one attached hydrogen (secondary N) is 1. The van der Waals surface area contributed by atoms with Crippen LogP contribution in [0.1, 0.15) is 23.7 Å². The predicted molar refractivity (Wildman–Crippen MR) is 137 cm³/mol. The van der Waals surface area contributed by atoms with Crippen molar-refractivity contribution in [1.29, 1.82) is 0 Å². The van der Waals surface area contributed by atoms with Crippen molar-refractivity contribution >= 4 is 28.3 Å². The molecule has 0 saturated carbocycles. The molecule has 0 saturated heterocycles. The van der Waals surface area contributed by atoms with Crippen LogP contribution in [0.25, 0.3) is 27.7 Å². The Kier molecular flexibility index (Phi) is 6.78. The Hall–Kier alpha value is -4.26. The van der Waals surface area contributed by atoms with Gasteiger partial charge in [0.25, 0.3) is 0 Å². The predicted octanol–water partition coefficient (Wildman–Crippen LogP) is 6.18. The number of nitrogens with zero attached hydrogens (tertiary/aromatic N) is 1. The van der Waals surface area contributed by atoms with E-state index < -0.39 is 0 Å². The van der Waals surface area contributed by atoms with Crippen molar-refractivity contribution in [3.8, 4) is 28.4 Å². The normalized spacial score (nSPS) is 11.4. The summed E-state index contributed by atoms with van der Waals surface area (Å²) in [6.07, 6.45) is 3.26. The first-order valence-corrected chi connectivity index (χ1v) is 11.1. The zero-order chi connectivity index (χ0) is 25.1. The van der Waals surface area contributed by atoms with E-state index in [0.29, 0.717) is 23.1 Å². The molecule has 0 fully saturated rings. The lowest BCUT2D eigenvalue weighted by Crippen LogP contribution is -2.10. The molecule has 7 heteroatoms. The summed E-state index contributed by atoms with van der Waals surface area (Å²) in [5.74, 6) is 2.16. The smallest absolute Gasteiger partial charge is 0.249 e. The number of carbonyl (C=O) groups excluding carboxylic acids is 1. The molecule has 180 valence electrons. The average Bonchev–Trinajstić information content (AvgIpc) is 3.27. The second-order valence-electron chi connectivity index (χ2n) is 8.16. The lowest BCUT2D eigenvalue weighted by atomic mass is 9.96. The fourth-order valence-electron chi connectivity index (χ4n) is 4.15. The molecular formula is C28H28N2O5. The highest BCUT2D eigenvalue weighted by molar-refractivity contribution is 6.05. The van der Waals surface area contributed by atoms with Gasteiger partial charge in [0.05, 0.1) is 27.6 Å². The van der Waals surface area contributed by atoms with Gasteiger partial charge >= 0.3 is 0 Å². The average molecular weight is 473 g/mol. The van der Waals surface area contributed by atoms with Crippen molar-refractivity contribution in [3.63, 3.8) is 0 Å². The quantitative estimate of drug-likeness (QED) is 0.324. The lowest BCUT2D eigenvalue weighted by molar-refractivity contribution is -0.111. The van der Waals surface area contributed by atoms with Gasteiger partial charge in [-0.1, -0.05) is 12.1 Å². The third-order valence-electron chi connectivity index (χ3n) is 5.85. The Balaban J connectivity index is 1.78. The molecule has 35 heavy (non-hydrogen) atoms. The zero-order valence-corrected chi connectivity index (χ0v) is 20.7. The molecule has 2 aromatic carbocycles. The fraction of sp³-hybridized carbons (Fsp3) is 0.214. The Morgan fingerprint density at radius 3 is 2.46 bits per heavy atom. The van der Waals surface area contributed by atoms with Crippen molar-refractivity contribution in [1.82, 2.24) is 4.98 Å². The van der Waals surface area contributed by atoms with Crippen LogP contribution in [0.4, 0.5) is 5.82 Å². The van der Waals surface area contributed by atoms with Gasteiger partial charge in [0.15, 0.2) is 11.5 Å². The Morgan fingerprint density at radius 2 is 1.77 bits per heavy atom. The van der Waals surface area contributed by atoms with E-state index in [4.69, 9.17) is 18.6 Å². The van der Waals surface area contributed by atoms with E-state index >= 15 is 0 Å². The number of benzene rings is 2. The maximum Gasteiger partial charge on any atom is 0.249 e. The molecule has 1 N–H and O–H groups in total.